The molecule has 0 saturated heterocycles. The first-order valence-electron chi connectivity index (χ1n) is 14.0. The van der Waals surface area contributed by atoms with Crippen molar-refractivity contribution in [3.8, 4) is 5.69 Å². The van der Waals surface area contributed by atoms with Crippen molar-refractivity contribution in [2.75, 3.05) is 18.4 Å². The van der Waals surface area contributed by atoms with Crippen LogP contribution >= 0.6 is 0 Å². The fourth-order valence-electron chi connectivity index (χ4n) is 4.86. The number of amides is 2. The molecule has 0 atom stereocenters. The van der Waals surface area contributed by atoms with Crippen molar-refractivity contribution in [3.05, 3.63) is 113 Å². The first-order valence-corrected chi connectivity index (χ1v) is 15.4. The second-order valence-electron chi connectivity index (χ2n) is 10.5. The lowest BCUT2D eigenvalue weighted by Crippen LogP contribution is -2.40. The molecule has 1 aromatic heterocycles. The van der Waals surface area contributed by atoms with Crippen LogP contribution in [0.25, 0.3) is 5.69 Å². The summed E-state index contributed by atoms with van der Waals surface area (Å²) in [7, 11) is -4.03. The molecule has 43 heavy (non-hydrogen) atoms. The lowest BCUT2D eigenvalue weighted by molar-refractivity contribution is -0.121. The molecule has 2 N–H and O–H groups in total. The highest BCUT2D eigenvalue weighted by molar-refractivity contribution is 7.89. The molecule has 0 saturated carbocycles. The third-order valence-electron chi connectivity index (χ3n) is 7.09. The van der Waals surface area contributed by atoms with E-state index in [4.69, 9.17) is 0 Å². The zero-order valence-electron chi connectivity index (χ0n) is 25.1. The van der Waals surface area contributed by atoms with E-state index in [0.717, 1.165) is 43.6 Å². The Balaban J connectivity index is 1.51. The molecule has 4 rings (SSSR count). The van der Waals surface area contributed by atoms with Gasteiger partial charge in [-0.05, 0) is 87.2 Å². The Morgan fingerprint density at radius 1 is 0.930 bits per heavy atom. The van der Waals surface area contributed by atoms with Crippen LogP contribution in [-0.2, 0) is 26.0 Å². The minimum Gasteiger partial charge on any atom is -0.326 e. The van der Waals surface area contributed by atoms with Crippen LogP contribution in [0.3, 0.4) is 0 Å². The maximum absolute atomic E-state index is 13.6. The van der Waals surface area contributed by atoms with Gasteiger partial charge in [-0.3, -0.25) is 9.59 Å². The Hall–Kier alpha value is -4.54. The van der Waals surface area contributed by atoms with Gasteiger partial charge in [0.15, 0.2) is 0 Å². The number of hydrazone groups is 1. The summed E-state index contributed by atoms with van der Waals surface area (Å²) in [6.45, 7) is 9.18. The largest absolute Gasteiger partial charge is 0.326 e. The van der Waals surface area contributed by atoms with Crippen molar-refractivity contribution in [1.29, 1.82) is 0 Å². The fraction of sp³-hybridized carbons (Fsp3) is 0.242. The molecule has 0 aliphatic heterocycles. The number of sulfonamides is 1. The molecular weight excluding hydrogens is 562 g/mol. The van der Waals surface area contributed by atoms with Gasteiger partial charge in [0.1, 0.15) is 0 Å². The lowest BCUT2D eigenvalue weighted by Gasteiger charge is -2.21. The van der Waals surface area contributed by atoms with Crippen LogP contribution in [0.5, 0.6) is 0 Å². The number of hydrogen-bond acceptors (Lipinski definition) is 5. The molecule has 0 unspecified atom stereocenters. The normalized spacial score (nSPS) is 11.7. The van der Waals surface area contributed by atoms with Gasteiger partial charge in [-0.25, -0.2) is 13.8 Å². The number of aryl methyl sites for hydroxylation is 3. The SMILES string of the molecule is CC(=O)Nc1ccc(S(=O)(=O)N(CCc2ccccc2)CC(=O)N/N=C/c2cc(C)n(-c3cc(C)ccc3C)c2C)cc1. The summed E-state index contributed by atoms with van der Waals surface area (Å²) in [6.07, 6.45) is 2.00. The molecule has 0 aliphatic rings. The van der Waals surface area contributed by atoms with Crippen molar-refractivity contribution >= 4 is 33.7 Å². The maximum Gasteiger partial charge on any atom is 0.255 e. The van der Waals surface area contributed by atoms with Gasteiger partial charge >= 0.3 is 0 Å². The Morgan fingerprint density at radius 3 is 2.30 bits per heavy atom. The average molecular weight is 600 g/mol. The van der Waals surface area contributed by atoms with Gasteiger partial charge in [-0.1, -0.05) is 42.5 Å². The van der Waals surface area contributed by atoms with Crippen LogP contribution in [0, 0.1) is 27.7 Å². The molecule has 3 aromatic carbocycles. The number of nitrogens with one attached hydrogen (secondary N) is 2. The molecule has 9 nitrogen and oxygen atoms in total. The molecular formula is C33H37N5O4S. The van der Waals surface area contributed by atoms with Crippen LogP contribution in [-0.4, -0.2) is 48.4 Å². The smallest absolute Gasteiger partial charge is 0.255 e. The second-order valence-corrected chi connectivity index (χ2v) is 12.5. The van der Waals surface area contributed by atoms with E-state index in [0.29, 0.717) is 12.1 Å². The minimum atomic E-state index is -4.03. The fourth-order valence-corrected chi connectivity index (χ4v) is 6.26. The van der Waals surface area contributed by atoms with Gasteiger partial charge in [0.25, 0.3) is 5.91 Å². The Kier molecular flexibility index (Phi) is 9.95. The molecule has 0 spiro atoms. The molecule has 1 heterocycles. The van der Waals surface area contributed by atoms with Gasteiger partial charge in [-0.2, -0.15) is 9.41 Å². The Morgan fingerprint density at radius 2 is 1.63 bits per heavy atom. The highest BCUT2D eigenvalue weighted by Crippen LogP contribution is 2.24. The van der Waals surface area contributed by atoms with E-state index in [1.807, 2.05) is 50.2 Å². The van der Waals surface area contributed by atoms with E-state index in [1.165, 1.54) is 31.2 Å². The molecule has 4 aromatic rings. The molecule has 10 heteroatoms. The quantitative estimate of drug-likeness (QED) is 0.186. The lowest BCUT2D eigenvalue weighted by atomic mass is 10.1. The maximum atomic E-state index is 13.6. The molecule has 224 valence electrons. The Labute approximate surface area is 253 Å². The number of aromatic nitrogens is 1. The summed E-state index contributed by atoms with van der Waals surface area (Å²) in [5.41, 5.74) is 10.2. The number of carbonyl (C=O) groups is 2. The van der Waals surface area contributed by atoms with Crippen molar-refractivity contribution in [3.63, 3.8) is 0 Å². The Bertz CT molecular complexity index is 1740. The molecule has 2 amide bonds. The van der Waals surface area contributed by atoms with Crippen molar-refractivity contribution in [2.24, 2.45) is 5.10 Å². The molecule has 0 bridgehead atoms. The van der Waals surface area contributed by atoms with Gasteiger partial charge in [0, 0.05) is 41.8 Å². The summed E-state index contributed by atoms with van der Waals surface area (Å²) in [4.78, 5) is 24.4. The zero-order valence-corrected chi connectivity index (χ0v) is 25.9. The summed E-state index contributed by atoms with van der Waals surface area (Å²) in [5, 5.41) is 6.78. The second kappa shape index (κ2) is 13.6. The van der Waals surface area contributed by atoms with E-state index in [2.05, 4.69) is 52.5 Å². The van der Waals surface area contributed by atoms with E-state index in [1.54, 1.807) is 6.21 Å². The van der Waals surface area contributed by atoms with Crippen molar-refractivity contribution in [1.82, 2.24) is 14.3 Å². The number of nitrogens with zero attached hydrogens (tertiary/aromatic N) is 3. The third-order valence-corrected chi connectivity index (χ3v) is 8.95. The third kappa shape index (κ3) is 7.85. The standard InChI is InChI=1S/C33H37N5O4S/c1-23-11-12-24(2)32(19-23)38-25(3)20-29(26(38)4)21-34-36-33(40)22-37(18-17-28-9-7-6-8-10-28)43(41,42)31-15-13-30(14-16-31)35-27(5)39/h6-16,19-21H,17-18,22H2,1-5H3,(H,35,39)(H,36,40)/b34-21+. The van der Waals surface area contributed by atoms with Gasteiger partial charge < -0.3 is 9.88 Å². The number of benzene rings is 3. The molecule has 0 aliphatic carbocycles. The summed E-state index contributed by atoms with van der Waals surface area (Å²) < 4.78 is 30.5. The van der Waals surface area contributed by atoms with Gasteiger partial charge in [0.05, 0.1) is 17.7 Å². The number of rotatable bonds is 11. The van der Waals surface area contributed by atoms with Crippen LogP contribution in [0.15, 0.2) is 88.9 Å². The highest BCUT2D eigenvalue weighted by Gasteiger charge is 2.26. The zero-order chi connectivity index (χ0) is 31.1. The predicted octanol–water partition coefficient (Wildman–Crippen LogP) is 5.05. The summed E-state index contributed by atoms with van der Waals surface area (Å²) in [5.74, 6) is -0.824. The number of carbonyl (C=O) groups excluding carboxylic acids is 2. The van der Waals surface area contributed by atoms with Crippen LogP contribution in [0.2, 0.25) is 0 Å². The average Bonchev–Trinajstić information content (AvgIpc) is 3.25. The van der Waals surface area contributed by atoms with Crippen molar-refractivity contribution < 1.29 is 18.0 Å². The van der Waals surface area contributed by atoms with E-state index in [9.17, 15) is 18.0 Å². The van der Waals surface area contributed by atoms with E-state index in [-0.39, 0.29) is 17.3 Å². The van der Waals surface area contributed by atoms with Crippen LogP contribution in [0.4, 0.5) is 5.69 Å². The van der Waals surface area contributed by atoms with Crippen molar-refractivity contribution in [2.45, 2.75) is 45.9 Å². The van der Waals surface area contributed by atoms with Gasteiger partial charge in [-0.15, -0.1) is 0 Å². The first-order chi connectivity index (χ1) is 20.5. The molecule has 0 radical (unpaired) electrons. The first kappa shape index (κ1) is 31.4. The molecule has 0 fully saturated rings. The summed E-state index contributed by atoms with van der Waals surface area (Å²) >= 11 is 0. The predicted molar refractivity (Wildman–Crippen MR) is 170 cm³/mol. The minimum absolute atomic E-state index is 0.0184. The summed E-state index contributed by atoms with van der Waals surface area (Å²) in [6, 6.07) is 23.6. The van der Waals surface area contributed by atoms with Crippen LogP contribution in [0.1, 0.15) is 40.6 Å². The highest BCUT2D eigenvalue weighted by atomic mass is 32.2. The van der Waals surface area contributed by atoms with E-state index >= 15 is 0 Å². The number of hydrogen-bond donors (Lipinski definition) is 2. The van der Waals surface area contributed by atoms with Crippen LogP contribution < -0.4 is 10.7 Å². The van der Waals surface area contributed by atoms with E-state index < -0.39 is 22.5 Å². The monoisotopic (exact) mass is 599 g/mol. The van der Waals surface area contributed by atoms with Gasteiger partial charge in [0.2, 0.25) is 15.9 Å². The number of anilines is 1. The topological polar surface area (TPSA) is 113 Å².